The molecule has 2 amide bonds. The highest BCUT2D eigenvalue weighted by molar-refractivity contribution is 5.78. The van der Waals surface area contributed by atoms with Crippen LogP contribution in [0.2, 0.25) is 0 Å². The van der Waals surface area contributed by atoms with E-state index < -0.39 is 0 Å². The van der Waals surface area contributed by atoms with Crippen LogP contribution in [0, 0.1) is 12.7 Å². The number of hydrogen-bond donors (Lipinski definition) is 0. The van der Waals surface area contributed by atoms with Gasteiger partial charge in [0, 0.05) is 49.9 Å². The molecule has 1 aromatic heterocycles. The summed E-state index contributed by atoms with van der Waals surface area (Å²) >= 11 is 0. The van der Waals surface area contributed by atoms with Crippen LogP contribution in [-0.4, -0.2) is 66.0 Å². The molecular weight excluding hydrogens is 409 g/mol. The Morgan fingerprint density at radius 1 is 1.22 bits per heavy atom. The van der Waals surface area contributed by atoms with Gasteiger partial charge in [-0.3, -0.25) is 14.6 Å². The van der Waals surface area contributed by atoms with Gasteiger partial charge in [-0.25, -0.2) is 4.39 Å². The van der Waals surface area contributed by atoms with Crippen molar-refractivity contribution in [2.24, 2.45) is 0 Å². The summed E-state index contributed by atoms with van der Waals surface area (Å²) in [5.41, 5.74) is 3.94. The van der Waals surface area contributed by atoms with E-state index in [-0.39, 0.29) is 30.2 Å². The van der Waals surface area contributed by atoms with Gasteiger partial charge in [-0.2, -0.15) is 0 Å². The minimum atomic E-state index is -0.229. The molecule has 0 N–H and O–H groups in total. The summed E-state index contributed by atoms with van der Waals surface area (Å²) in [5, 5.41) is 0. The van der Waals surface area contributed by atoms with Gasteiger partial charge in [0.25, 0.3) is 0 Å². The lowest BCUT2D eigenvalue weighted by molar-refractivity contribution is -0.135. The number of halogens is 1. The van der Waals surface area contributed by atoms with Crippen molar-refractivity contribution < 1.29 is 18.7 Å². The van der Waals surface area contributed by atoms with Crippen LogP contribution in [0.4, 0.5) is 4.39 Å². The zero-order valence-corrected chi connectivity index (χ0v) is 18.6. The molecule has 7 heteroatoms. The number of amides is 2. The third kappa shape index (κ3) is 5.71. The van der Waals surface area contributed by atoms with Gasteiger partial charge in [-0.05, 0) is 61.6 Å². The van der Waals surface area contributed by atoms with E-state index in [1.807, 2.05) is 24.0 Å². The van der Waals surface area contributed by atoms with Crippen molar-refractivity contribution in [1.82, 2.24) is 14.8 Å². The molecule has 2 saturated heterocycles. The van der Waals surface area contributed by atoms with Crippen molar-refractivity contribution in [3.63, 3.8) is 0 Å². The number of carbonyl (C=O) groups excluding carboxylic acids is 2. The summed E-state index contributed by atoms with van der Waals surface area (Å²) < 4.78 is 19.1. The fourth-order valence-electron chi connectivity index (χ4n) is 4.56. The normalized spacial score (nSPS) is 18.6. The van der Waals surface area contributed by atoms with E-state index in [9.17, 15) is 14.0 Å². The Kier molecular flexibility index (Phi) is 7.15. The zero-order valence-electron chi connectivity index (χ0n) is 18.6. The average Bonchev–Trinajstić information content (AvgIpc) is 3.40. The van der Waals surface area contributed by atoms with Crippen molar-refractivity contribution in [1.29, 1.82) is 0 Å². The van der Waals surface area contributed by atoms with Gasteiger partial charge in [0.1, 0.15) is 12.4 Å². The Morgan fingerprint density at radius 2 is 2.09 bits per heavy atom. The van der Waals surface area contributed by atoms with Gasteiger partial charge in [-0.15, -0.1) is 0 Å². The number of aromatic nitrogens is 1. The summed E-state index contributed by atoms with van der Waals surface area (Å²) in [5.74, 6) is 0.109. The number of carbonyl (C=O) groups is 2. The first-order valence-corrected chi connectivity index (χ1v) is 11.3. The molecule has 170 valence electrons. The van der Waals surface area contributed by atoms with Gasteiger partial charge in [-0.1, -0.05) is 12.1 Å². The van der Waals surface area contributed by atoms with E-state index in [1.165, 1.54) is 6.07 Å². The Labute approximate surface area is 188 Å². The van der Waals surface area contributed by atoms with Crippen molar-refractivity contribution in [3.05, 3.63) is 64.7 Å². The number of aryl methyl sites for hydroxylation is 1. The van der Waals surface area contributed by atoms with E-state index >= 15 is 0 Å². The highest BCUT2D eigenvalue weighted by Gasteiger charge is 2.28. The lowest BCUT2D eigenvalue weighted by Crippen LogP contribution is -2.34. The Hall–Kier alpha value is -2.80. The fourth-order valence-corrected chi connectivity index (χ4v) is 4.56. The quantitative estimate of drug-likeness (QED) is 0.593. The first kappa shape index (κ1) is 22.4. The van der Waals surface area contributed by atoms with Gasteiger partial charge in [0.15, 0.2) is 0 Å². The molecule has 4 rings (SSSR count). The molecule has 2 fully saturated rings. The topological polar surface area (TPSA) is 62.7 Å². The third-order valence-electron chi connectivity index (χ3n) is 6.19. The van der Waals surface area contributed by atoms with Gasteiger partial charge < -0.3 is 14.5 Å². The van der Waals surface area contributed by atoms with Gasteiger partial charge >= 0.3 is 0 Å². The number of hydrogen-bond acceptors (Lipinski definition) is 4. The smallest absolute Gasteiger partial charge is 0.248 e. The van der Waals surface area contributed by atoms with Crippen LogP contribution in [0.3, 0.4) is 0 Å². The van der Waals surface area contributed by atoms with E-state index in [4.69, 9.17) is 9.72 Å². The molecule has 0 aliphatic carbocycles. The maximum atomic E-state index is 13.5. The van der Waals surface area contributed by atoms with Crippen LogP contribution in [0.5, 0.6) is 0 Å². The number of nitrogens with zero attached hydrogens (tertiary/aromatic N) is 3. The number of likely N-dealkylation sites (tertiary alicyclic amines) is 2. The largest absolute Gasteiger partial charge is 0.370 e. The van der Waals surface area contributed by atoms with E-state index in [2.05, 4.69) is 6.07 Å². The molecule has 1 aromatic carbocycles. The van der Waals surface area contributed by atoms with Crippen molar-refractivity contribution in [2.75, 3.05) is 39.4 Å². The molecule has 1 atom stereocenters. The molecule has 0 spiro atoms. The van der Waals surface area contributed by atoms with Crippen LogP contribution in [-0.2, 0) is 20.7 Å². The van der Waals surface area contributed by atoms with Gasteiger partial charge in [0.05, 0.1) is 6.61 Å². The molecule has 0 saturated carbocycles. The van der Waals surface area contributed by atoms with Crippen LogP contribution >= 0.6 is 0 Å². The molecule has 6 nitrogen and oxygen atoms in total. The molecule has 2 aliphatic heterocycles. The maximum absolute atomic E-state index is 13.5. The summed E-state index contributed by atoms with van der Waals surface area (Å²) in [6, 6.07) is 10.8. The van der Waals surface area contributed by atoms with Crippen molar-refractivity contribution in [2.45, 2.75) is 38.5 Å². The average molecular weight is 440 g/mol. The third-order valence-corrected chi connectivity index (χ3v) is 6.19. The molecule has 3 heterocycles. The summed E-state index contributed by atoms with van der Waals surface area (Å²) in [4.78, 5) is 32.5. The molecule has 0 radical (unpaired) electrons. The fraction of sp³-hybridized carbons (Fsp3) is 0.480. The highest BCUT2D eigenvalue weighted by atomic mass is 19.1. The van der Waals surface area contributed by atoms with Crippen LogP contribution in [0.25, 0.3) is 0 Å². The number of ether oxygens (including phenoxy) is 1. The standard InChI is InChI=1S/C25H30FN3O3/c1-18-12-20(13-19-4-2-5-22(26)14-19)15-23(27-18)21-7-9-29(16-21)25(31)17-32-11-10-28-8-3-6-24(28)30/h2,4-5,12,14-15,21H,3,6-11,13,16-17H2,1H3/t21-/m0/s1. The van der Waals surface area contributed by atoms with Crippen LogP contribution in [0.1, 0.15) is 47.7 Å². The highest BCUT2D eigenvalue weighted by Crippen LogP contribution is 2.27. The molecular formula is C25H30FN3O3. The molecule has 2 aromatic rings. The minimum absolute atomic E-state index is 0.0205. The van der Waals surface area contributed by atoms with E-state index in [0.717, 1.165) is 41.9 Å². The van der Waals surface area contributed by atoms with Crippen LogP contribution < -0.4 is 0 Å². The van der Waals surface area contributed by atoms with Crippen LogP contribution in [0.15, 0.2) is 36.4 Å². The first-order valence-electron chi connectivity index (χ1n) is 11.3. The molecule has 32 heavy (non-hydrogen) atoms. The van der Waals surface area contributed by atoms with Crippen molar-refractivity contribution >= 4 is 11.8 Å². The van der Waals surface area contributed by atoms with E-state index in [0.29, 0.717) is 39.1 Å². The molecule has 0 unspecified atom stereocenters. The Bertz CT molecular complexity index is 981. The lowest BCUT2D eigenvalue weighted by atomic mass is 9.98. The summed E-state index contributed by atoms with van der Waals surface area (Å²) in [6.07, 6.45) is 3.04. The lowest BCUT2D eigenvalue weighted by Gasteiger charge is -2.18. The van der Waals surface area contributed by atoms with E-state index in [1.54, 1.807) is 17.0 Å². The molecule has 0 bridgehead atoms. The predicted octanol–water partition coefficient (Wildman–Crippen LogP) is 3.07. The zero-order chi connectivity index (χ0) is 22.5. The SMILES string of the molecule is Cc1cc(Cc2cccc(F)c2)cc([C@H]2CCN(C(=O)COCCN3CCCC3=O)C2)n1. The van der Waals surface area contributed by atoms with Gasteiger partial charge in [0.2, 0.25) is 11.8 Å². The minimum Gasteiger partial charge on any atom is -0.370 e. The number of pyridine rings is 1. The second kappa shape index (κ2) is 10.2. The second-order valence-corrected chi connectivity index (χ2v) is 8.71. The Morgan fingerprint density at radius 3 is 2.88 bits per heavy atom. The number of benzene rings is 1. The first-order chi connectivity index (χ1) is 15.5. The Balaban J connectivity index is 1.29. The predicted molar refractivity (Wildman–Crippen MR) is 119 cm³/mol. The van der Waals surface area contributed by atoms with Crippen molar-refractivity contribution in [3.8, 4) is 0 Å². The summed E-state index contributed by atoms with van der Waals surface area (Å²) in [6.45, 7) is 5.05. The number of rotatable bonds is 8. The molecule has 2 aliphatic rings. The summed E-state index contributed by atoms with van der Waals surface area (Å²) in [7, 11) is 0. The monoisotopic (exact) mass is 439 g/mol. The second-order valence-electron chi connectivity index (χ2n) is 8.71. The maximum Gasteiger partial charge on any atom is 0.248 e.